The van der Waals surface area contributed by atoms with Gasteiger partial charge in [0, 0.05) is 41.9 Å². The molecule has 6 rings (SSSR count). The van der Waals surface area contributed by atoms with Crippen molar-refractivity contribution in [3.63, 3.8) is 0 Å². The number of amides is 2. The summed E-state index contributed by atoms with van der Waals surface area (Å²) in [5, 5.41) is 20.7. The van der Waals surface area contributed by atoms with Crippen LogP contribution in [0.1, 0.15) is 54.1 Å². The third-order valence-electron chi connectivity index (χ3n) is 7.33. The van der Waals surface area contributed by atoms with E-state index >= 15 is 0 Å². The van der Waals surface area contributed by atoms with Crippen LogP contribution in [0.5, 0.6) is 0 Å². The average Bonchev–Trinajstić information content (AvgIpc) is 3.28. The first-order valence-corrected chi connectivity index (χ1v) is 12.7. The number of hydrogen-bond acceptors (Lipinski definition) is 8. The fourth-order valence-electron chi connectivity index (χ4n) is 5.28. The van der Waals surface area contributed by atoms with Crippen molar-refractivity contribution >= 4 is 29.0 Å². The van der Waals surface area contributed by atoms with Gasteiger partial charge in [0.15, 0.2) is 5.79 Å². The predicted octanol–water partition coefficient (Wildman–Crippen LogP) is 3.48. The number of pyridine rings is 1. The van der Waals surface area contributed by atoms with Gasteiger partial charge in [-0.2, -0.15) is 10.4 Å². The molecule has 3 aliphatic rings. The third kappa shape index (κ3) is 4.38. The van der Waals surface area contributed by atoms with Crippen molar-refractivity contribution in [1.29, 1.82) is 5.26 Å². The Kier molecular flexibility index (Phi) is 6.06. The lowest BCUT2D eigenvalue weighted by molar-refractivity contribution is -0.177. The molecule has 2 amide bonds. The van der Waals surface area contributed by atoms with Gasteiger partial charge in [-0.15, -0.1) is 0 Å². The van der Waals surface area contributed by atoms with Crippen LogP contribution in [-0.4, -0.2) is 45.6 Å². The standard InChI is InChI=1S/C27H27N7O4/c28-12-19-18(17-13-31-34(15-17)23-5-2-8-27(23)37-9-10-38-27)3-1-4-21(19)32-22-11-24(30-14-20(22)25(29)35)33-26(36)16-6-7-16/h1,3-4,11,13-16,23H,2,5-10H2,(H2,29,35)(H2,30,32,33,36). The van der Waals surface area contributed by atoms with Gasteiger partial charge >= 0.3 is 0 Å². The van der Waals surface area contributed by atoms with Crippen molar-refractivity contribution in [3.8, 4) is 17.2 Å². The number of hydrogen-bond donors (Lipinski definition) is 3. The van der Waals surface area contributed by atoms with E-state index in [1.165, 1.54) is 6.20 Å². The molecule has 1 spiro atoms. The Morgan fingerprint density at radius 2 is 1.97 bits per heavy atom. The Balaban J connectivity index is 1.31. The average molecular weight is 514 g/mol. The molecule has 1 saturated heterocycles. The van der Waals surface area contributed by atoms with Crippen LogP contribution in [0, 0.1) is 17.2 Å². The van der Waals surface area contributed by atoms with Crippen molar-refractivity contribution in [2.24, 2.45) is 11.7 Å². The largest absolute Gasteiger partial charge is 0.365 e. The molecule has 3 aromatic rings. The molecule has 3 fully saturated rings. The highest BCUT2D eigenvalue weighted by Crippen LogP contribution is 2.45. The molecular formula is C27H27N7O4. The van der Waals surface area contributed by atoms with Crippen LogP contribution >= 0.6 is 0 Å². The van der Waals surface area contributed by atoms with Crippen LogP contribution in [0.3, 0.4) is 0 Å². The number of primary amides is 1. The van der Waals surface area contributed by atoms with E-state index in [0.29, 0.717) is 41.5 Å². The second-order valence-corrected chi connectivity index (χ2v) is 9.83. The van der Waals surface area contributed by atoms with E-state index in [-0.39, 0.29) is 23.4 Å². The van der Waals surface area contributed by atoms with Crippen molar-refractivity contribution in [2.75, 3.05) is 23.8 Å². The second kappa shape index (κ2) is 9.55. The molecule has 4 N–H and O–H groups in total. The van der Waals surface area contributed by atoms with E-state index in [0.717, 1.165) is 37.7 Å². The quantitative estimate of drug-likeness (QED) is 0.433. The number of ether oxygens (including phenoxy) is 2. The van der Waals surface area contributed by atoms with Gasteiger partial charge in [-0.25, -0.2) is 4.98 Å². The van der Waals surface area contributed by atoms with Gasteiger partial charge < -0.3 is 25.8 Å². The van der Waals surface area contributed by atoms with Crippen LogP contribution in [0.15, 0.2) is 42.9 Å². The Labute approximate surface area is 218 Å². The highest BCUT2D eigenvalue weighted by Gasteiger charge is 2.49. The molecule has 1 aliphatic heterocycles. The van der Waals surface area contributed by atoms with Gasteiger partial charge in [0.05, 0.1) is 41.9 Å². The van der Waals surface area contributed by atoms with E-state index in [4.69, 9.17) is 15.2 Å². The molecule has 1 atom stereocenters. The Morgan fingerprint density at radius 1 is 1.16 bits per heavy atom. The zero-order valence-corrected chi connectivity index (χ0v) is 20.6. The van der Waals surface area contributed by atoms with Crippen LogP contribution in [0.25, 0.3) is 11.1 Å². The first kappa shape index (κ1) is 24.1. The fourth-order valence-corrected chi connectivity index (χ4v) is 5.28. The summed E-state index contributed by atoms with van der Waals surface area (Å²) in [4.78, 5) is 28.5. The number of benzene rings is 1. The Bertz CT molecular complexity index is 1440. The smallest absolute Gasteiger partial charge is 0.252 e. The highest BCUT2D eigenvalue weighted by atomic mass is 16.7. The van der Waals surface area contributed by atoms with Crippen molar-refractivity contribution in [1.82, 2.24) is 14.8 Å². The Hall–Kier alpha value is -4.27. The first-order valence-electron chi connectivity index (χ1n) is 12.7. The molecule has 194 valence electrons. The maximum absolute atomic E-state index is 12.2. The number of nitrogens with zero attached hydrogens (tertiary/aromatic N) is 4. The molecule has 0 radical (unpaired) electrons. The Morgan fingerprint density at radius 3 is 2.71 bits per heavy atom. The number of aromatic nitrogens is 3. The molecule has 38 heavy (non-hydrogen) atoms. The molecule has 1 unspecified atom stereocenters. The van der Waals surface area contributed by atoms with E-state index in [9.17, 15) is 14.9 Å². The van der Waals surface area contributed by atoms with Crippen LogP contribution in [0.4, 0.5) is 17.2 Å². The predicted molar refractivity (Wildman–Crippen MR) is 137 cm³/mol. The molecule has 11 heteroatoms. The zero-order chi connectivity index (χ0) is 26.3. The minimum atomic E-state index is -0.683. The number of carbonyl (C=O) groups excluding carboxylic acids is 2. The second-order valence-electron chi connectivity index (χ2n) is 9.83. The molecule has 3 heterocycles. The topological polar surface area (TPSA) is 157 Å². The van der Waals surface area contributed by atoms with Crippen molar-refractivity contribution in [3.05, 3.63) is 54.0 Å². The van der Waals surface area contributed by atoms with Gasteiger partial charge in [0.2, 0.25) is 5.91 Å². The van der Waals surface area contributed by atoms with Gasteiger partial charge in [0.1, 0.15) is 17.9 Å². The third-order valence-corrected chi connectivity index (χ3v) is 7.33. The van der Waals surface area contributed by atoms with Gasteiger partial charge in [-0.05, 0) is 31.7 Å². The molecule has 2 aliphatic carbocycles. The zero-order valence-electron chi connectivity index (χ0n) is 20.6. The van der Waals surface area contributed by atoms with Crippen molar-refractivity contribution in [2.45, 2.75) is 43.9 Å². The normalized spacial score (nSPS) is 19.8. The first-order chi connectivity index (χ1) is 18.5. The van der Waals surface area contributed by atoms with Crippen molar-refractivity contribution < 1.29 is 19.1 Å². The minimum Gasteiger partial charge on any atom is -0.365 e. The van der Waals surface area contributed by atoms with Gasteiger partial charge in [0.25, 0.3) is 5.91 Å². The molecule has 2 aromatic heterocycles. The monoisotopic (exact) mass is 513 g/mol. The lowest BCUT2D eigenvalue weighted by Crippen LogP contribution is -2.36. The van der Waals surface area contributed by atoms with E-state index in [1.54, 1.807) is 18.3 Å². The summed E-state index contributed by atoms with van der Waals surface area (Å²) in [7, 11) is 0. The summed E-state index contributed by atoms with van der Waals surface area (Å²) in [6, 6.07) is 9.20. The highest BCUT2D eigenvalue weighted by molar-refractivity contribution is 6.01. The van der Waals surface area contributed by atoms with Crippen LogP contribution < -0.4 is 16.4 Å². The van der Waals surface area contributed by atoms with Gasteiger partial charge in [-0.1, -0.05) is 12.1 Å². The number of carbonyl (C=O) groups is 2. The van der Waals surface area contributed by atoms with E-state index in [1.807, 2.05) is 23.0 Å². The summed E-state index contributed by atoms with van der Waals surface area (Å²) in [6.45, 7) is 1.15. The summed E-state index contributed by atoms with van der Waals surface area (Å²) in [5.41, 5.74) is 8.36. The lowest BCUT2D eigenvalue weighted by Gasteiger charge is -2.29. The number of anilines is 3. The molecule has 1 aromatic carbocycles. The SMILES string of the molecule is N#Cc1c(Nc2cc(NC(=O)C3CC3)ncc2C(N)=O)cccc1-c1cnn(C2CCCC23OCCO3)c1. The summed E-state index contributed by atoms with van der Waals surface area (Å²) in [5.74, 6) is -1.13. The summed E-state index contributed by atoms with van der Waals surface area (Å²) < 4.78 is 13.8. The van der Waals surface area contributed by atoms with E-state index < -0.39 is 11.7 Å². The molecule has 2 saturated carbocycles. The minimum absolute atomic E-state index is 0.00211. The molecular weight excluding hydrogens is 486 g/mol. The van der Waals surface area contributed by atoms with E-state index in [2.05, 4.69) is 26.8 Å². The number of nitrogens with one attached hydrogen (secondary N) is 2. The molecule has 11 nitrogen and oxygen atoms in total. The number of rotatable bonds is 7. The summed E-state index contributed by atoms with van der Waals surface area (Å²) in [6.07, 6.45) is 9.37. The lowest BCUT2D eigenvalue weighted by atomic mass is 10.0. The van der Waals surface area contributed by atoms with Crippen LogP contribution in [-0.2, 0) is 14.3 Å². The number of nitrogens with two attached hydrogens (primary N) is 1. The van der Waals surface area contributed by atoms with Gasteiger partial charge in [-0.3, -0.25) is 14.3 Å². The maximum atomic E-state index is 12.2. The molecule has 0 bridgehead atoms. The number of nitriles is 1. The maximum Gasteiger partial charge on any atom is 0.252 e. The van der Waals surface area contributed by atoms with Crippen LogP contribution in [0.2, 0.25) is 0 Å². The summed E-state index contributed by atoms with van der Waals surface area (Å²) >= 11 is 0. The fraction of sp³-hybridized carbons (Fsp3) is 0.370.